The molecule has 0 aromatic carbocycles. The third-order valence-corrected chi connectivity index (χ3v) is 1.47. The van der Waals surface area contributed by atoms with Crippen molar-refractivity contribution in [1.82, 2.24) is 9.97 Å². The zero-order valence-electron chi connectivity index (χ0n) is 7.14. The number of primary amides is 1. The van der Waals surface area contributed by atoms with Crippen molar-refractivity contribution in [3.8, 4) is 6.07 Å². The first-order valence-corrected chi connectivity index (χ1v) is 3.63. The fraction of sp³-hybridized carbons (Fsp3) is 0. The second-order valence-electron chi connectivity index (χ2n) is 2.36. The number of nitriles is 1. The van der Waals surface area contributed by atoms with E-state index in [1.807, 2.05) is 0 Å². The van der Waals surface area contributed by atoms with Crippen molar-refractivity contribution in [2.24, 2.45) is 11.5 Å². The van der Waals surface area contributed by atoms with E-state index in [1.165, 1.54) is 18.6 Å². The van der Waals surface area contributed by atoms with Crippen molar-refractivity contribution in [2.75, 3.05) is 0 Å². The standard InChI is InChI=1S/C8H7N5O/c9-3-5(8(11)14)7(10)6-4-12-1-2-13-6/h1-2,4H,10H2,(H2,11,14)/b7-5+. The molecule has 0 spiro atoms. The lowest BCUT2D eigenvalue weighted by molar-refractivity contribution is -0.114. The van der Waals surface area contributed by atoms with E-state index in [0.29, 0.717) is 0 Å². The molecule has 0 aliphatic carbocycles. The zero-order valence-corrected chi connectivity index (χ0v) is 7.14. The van der Waals surface area contributed by atoms with Crippen LogP contribution in [0.5, 0.6) is 0 Å². The number of hydrogen-bond donors (Lipinski definition) is 2. The summed E-state index contributed by atoms with van der Waals surface area (Å²) in [5.74, 6) is -0.879. The molecule has 4 N–H and O–H groups in total. The monoisotopic (exact) mass is 189 g/mol. The normalized spacial score (nSPS) is 11.4. The van der Waals surface area contributed by atoms with E-state index in [0.717, 1.165) is 0 Å². The molecule has 1 aromatic heterocycles. The Hall–Kier alpha value is -2.42. The Kier molecular flexibility index (Phi) is 2.76. The number of carbonyl (C=O) groups is 1. The molecule has 14 heavy (non-hydrogen) atoms. The topological polar surface area (TPSA) is 119 Å². The maximum Gasteiger partial charge on any atom is 0.261 e. The van der Waals surface area contributed by atoms with Gasteiger partial charge in [-0.15, -0.1) is 0 Å². The lowest BCUT2D eigenvalue weighted by Gasteiger charge is -2.00. The van der Waals surface area contributed by atoms with Crippen LogP contribution < -0.4 is 11.5 Å². The lowest BCUT2D eigenvalue weighted by atomic mass is 10.2. The molecule has 6 nitrogen and oxygen atoms in total. The van der Waals surface area contributed by atoms with E-state index in [-0.39, 0.29) is 17.0 Å². The zero-order chi connectivity index (χ0) is 10.6. The Balaban J connectivity index is 3.23. The van der Waals surface area contributed by atoms with Gasteiger partial charge in [0, 0.05) is 12.4 Å². The fourth-order valence-corrected chi connectivity index (χ4v) is 0.814. The molecule has 0 fully saturated rings. The van der Waals surface area contributed by atoms with E-state index in [1.54, 1.807) is 6.07 Å². The van der Waals surface area contributed by atoms with Gasteiger partial charge in [-0.05, 0) is 0 Å². The number of hydrogen-bond acceptors (Lipinski definition) is 5. The van der Waals surface area contributed by atoms with Crippen LogP contribution in [0, 0.1) is 11.3 Å². The Bertz CT molecular complexity index is 417. The highest BCUT2D eigenvalue weighted by Gasteiger charge is 2.11. The first-order chi connectivity index (χ1) is 6.66. The van der Waals surface area contributed by atoms with Crippen molar-refractivity contribution in [1.29, 1.82) is 5.26 Å². The molecule has 1 rings (SSSR count). The molecule has 0 unspecified atom stereocenters. The molecule has 1 amide bonds. The molecular formula is C8H7N5O. The van der Waals surface area contributed by atoms with E-state index >= 15 is 0 Å². The summed E-state index contributed by atoms with van der Waals surface area (Å²) in [5, 5.41) is 8.59. The molecule has 0 atom stereocenters. The van der Waals surface area contributed by atoms with E-state index in [2.05, 4.69) is 9.97 Å². The summed E-state index contributed by atoms with van der Waals surface area (Å²) < 4.78 is 0. The highest BCUT2D eigenvalue weighted by molar-refractivity contribution is 6.02. The lowest BCUT2D eigenvalue weighted by Crippen LogP contribution is -2.17. The number of amides is 1. The van der Waals surface area contributed by atoms with Gasteiger partial charge in [-0.25, -0.2) is 0 Å². The third kappa shape index (κ3) is 1.84. The van der Waals surface area contributed by atoms with Crippen LogP contribution in [0.2, 0.25) is 0 Å². The third-order valence-electron chi connectivity index (χ3n) is 1.47. The second kappa shape index (κ2) is 4.00. The van der Waals surface area contributed by atoms with Gasteiger partial charge in [-0.3, -0.25) is 14.8 Å². The summed E-state index contributed by atoms with van der Waals surface area (Å²) in [5.41, 5.74) is 10.3. The maximum absolute atomic E-state index is 10.8. The van der Waals surface area contributed by atoms with Crippen LogP contribution in [0.15, 0.2) is 24.2 Å². The Morgan fingerprint density at radius 2 is 2.14 bits per heavy atom. The molecule has 0 radical (unpaired) electrons. The van der Waals surface area contributed by atoms with Gasteiger partial charge < -0.3 is 11.5 Å². The van der Waals surface area contributed by atoms with E-state index in [9.17, 15) is 4.79 Å². The molecule has 1 aromatic rings. The van der Waals surface area contributed by atoms with Gasteiger partial charge in [0.1, 0.15) is 17.3 Å². The van der Waals surface area contributed by atoms with Crippen molar-refractivity contribution < 1.29 is 4.79 Å². The van der Waals surface area contributed by atoms with Crippen LogP contribution in [0.25, 0.3) is 5.70 Å². The number of nitrogens with two attached hydrogens (primary N) is 2. The molecule has 6 heteroatoms. The van der Waals surface area contributed by atoms with Gasteiger partial charge in [0.2, 0.25) is 0 Å². The average molecular weight is 189 g/mol. The molecule has 0 bridgehead atoms. The van der Waals surface area contributed by atoms with Crippen LogP contribution in [-0.4, -0.2) is 15.9 Å². The number of aromatic nitrogens is 2. The van der Waals surface area contributed by atoms with Crippen LogP contribution >= 0.6 is 0 Å². The van der Waals surface area contributed by atoms with Crippen molar-refractivity contribution in [2.45, 2.75) is 0 Å². The molecule has 0 aliphatic heterocycles. The average Bonchev–Trinajstić information content (AvgIpc) is 2.19. The van der Waals surface area contributed by atoms with Crippen LogP contribution in [0.3, 0.4) is 0 Å². The summed E-state index contributed by atoms with van der Waals surface area (Å²) >= 11 is 0. The Morgan fingerprint density at radius 3 is 2.57 bits per heavy atom. The van der Waals surface area contributed by atoms with Crippen LogP contribution in [0.1, 0.15) is 5.69 Å². The van der Waals surface area contributed by atoms with Crippen molar-refractivity contribution in [3.63, 3.8) is 0 Å². The van der Waals surface area contributed by atoms with Gasteiger partial charge in [-0.2, -0.15) is 5.26 Å². The van der Waals surface area contributed by atoms with Gasteiger partial charge >= 0.3 is 0 Å². The molecule has 1 heterocycles. The Labute approximate surface area is 79.9 Å². The van der Waals surface area contributed by atoms with Crippen LogP contribution in [0.4, 0.5) is 0 Å². The molecular weight excluding hydrogens is 182 g/mol. The van der Waals surface area contributed by atoms with Gasteiger partial charge in [0.25, 0.3) is 5.91 Å². The van der Waals surface area contributed by atoms with Crippen LogP contribution in [-0.2, 0) is 4.79 Å². The molecule has 0 saturated heterocycles. The summed E-state index contributed by atoms with van der Waals surface area (Å²) in [6, 6.07) is 1.61. The molecule has 0 aliphatic rings. The summed E-state index contributed by atoms with van der Waals surface area (Å²) in [4.78, 5) is 18.3. The smallest absolute Gasteiger partial charge is 0.261 e. The number of nitrogens with zero attached hydrogens (tertiary/aromatic N) is 3. The minimum absolute atomic E-state index is 0.0619. The minimum Gasteiger partial charge on any atom is -0.396 e. The van der Waals surface area contributed by atoms with E-state index in [4.69, 9.17) is 16.7 Å². The number of carbonyl (C=O) groups excluding carboxylic acids is 1. The molecule has 70 valence electrons. The second-order valence-corrected chi connectivity index (χ2v) is 2.36. The first kappa shape index (κ1) is 9.67. The van der Waals surface area contributed by atoms with Gasteiger partial charge in [0.15, 0.2) is 0 Å². The summed E-state index contributed by atoms with van der Waals surface area (Å²) in [6.45, 7) is 0. The van der Waals surface area contributed by atoms with Gasteiger partial charge in [-0.1, -0.05) is 0 Å². The highest BCUT2D eigenvalue weighted by Crippen LogP contribution is 2.08. The van der Waals surface area contributed by atoms with Crippen molar-refractivity contribution in [3.05, 3.63) is 29.9 Å². The van der Waals surface area contributed by atoms with Gasteiger partial charge in [0.05, 0.1) is 11.9 Å². The maximum atomic E-state index is 10.8. The quantitative estimate of drug-likeness (QED) is 0.464. The molecule has 0 saturated carbocycles. The fourth-order valence-electron chi connectivity index (χ4n) is 0.814. The SMILES string of the molecule is N#C/C(C(N)=O)=C(\N)c1cnccn1. The minimum atomic E-state index is -0.879. The predicted octanol–water partition coefficient (Wildman–Crippen LogP) is -0.845. The highest BCUT2D eigenvalue weighted by atomic mass is 16.1. The Morgan fingerprint density at radius 1 is 1.43 bits per heavy atom. The van der Waals surface area contributed by atoms with Crippen molar-refractivity contribution >= 4 is 11.6 Å². The summed E-state index contributed by atoms with van der Waals surface area (Å²) in [7, 11) is 0. The largest absolute Gasteiger partial charge is 0.396 e. The van der Waals surface area contributed by atoms with E-state index < -0.39 is 5.91 Å². The predicted molar refractivity (Wildman–Crippen MR) is 47.9 cm³/mol. The first-order valence-electron chi connectivity index (χ1n) is 3.63. The summed E-state index contributed by atoms with van der Waals surface area (Å²) in [6.07, 6.45) is 4.20. The number of rotatable bonds is 2.